The highest BCUT2D eigenvalue weighted by atomic mass is 32.2. The molecule has 18 heavy (non-hydrogen) atoms. The van der Waals surface area contributed by atoms with Crippen LogP contribution in [0.25, 0.3) is 0 Å². The number of carboxylic acid groups (broad SMARTS) is 1. The van der Waals surface area contributed by atoms with Crippen LogP contribution in [0.1, 0.15) is 13.3 Å². The number of carbonyl (C=O) groups is 2. The van der Waals surface area contributed by atoms with Crippen molar-refractivity contribution in [2.24, 2.45) is 5.92 Å². The fourth-order valence-corrected chi connectivity index (χ4v) is 1.78. The first-order chi connectivity index (χ1) is 8.17. The van der Waals surface area contributed by atoms with E-state index in [2.05, 4.69) is 0 Å². The minimum absolute atomic E-state index is 0.321. The summed E-state index contributed by atoms with van der Waals surface area (Å²) in [7, 11) is 5.83. The summed E-state index contributed by atoms with van der Waals surface area (Å²) in [5.41, 5.74) is 0. The van der Waals surface area contributed by atoms with Crippen LogP contribution in [0, 0.1) is 5.92 Å². The van der Waals surface area contributed by atoms with E-state index in [1.165, 1.54) is 0 Å². The third-order valence-corrected chi connectivity index (χ3v) is 3.08. The van der Waals surface area contributed by atoms with Gasteiger partial charge in [-0.05, 0) is 13.2 Å². The number of aliphatic carboxylic acids is 1. The van der Waals surface area contributed by atoms with Gasteiger partial charge in [0.1, 0.15) is 6.54 Å². The fraction of sp³-hybridized carbons (Fsp3) is 0.833. The molecule has 0 saturated carbocycles. The van der Waals surface area contributed by atoms with Gasteiger partial charge in [0.15, 0.2) is 6.10 Å². The lowest BCUT2D eigenvalue weighted by atomic mass is 10.0. The van der Waals surface area contributed by atoms with Crippen molar-refractivity contribution in [3.05, 3.63) is 0 Å². The first-order valence-corrected chi connectivity index (χ1v) is 7.28. The van der Waals surface area contributed by atoms with Gasteiger partial charge >= 0.3 is 11.9 Å². The van der Waals surface area contributed by atoms with Crippen LogP contribution in [0.2, 0.25) is 0 Å². The van der Waals surface area contributed by atoms with Crippen LogP contribution in [0.5, 0.6) is 0 Å². The molecule has 0 unspecified atom stereocenters. The molecule has 0 saturated heterocycles. The van der Waals surface area contributed by atoms with Gasteiger partial charge in [0.2, 0.25) is 0 Å². The van der Waals surface area contributed by atoms with E-state index in [1.807, 2.05) is 27.4 Å². The van der Waals surface area contributed by atoms with Gasteiger partial charge in [-0.3, -0.25) is 9.59 Å². The number of hydrogen-bond donors (Lipinski definition) is 1. The second kappa shape index (κ2) is 7.63. The highest BCUT2D eigenvalue weighted by Gasteiger charge is 2.31. The molecule has 1 N–H and O–H groups in total. The second-order valence-electron chi connectivity index (χ2n) is 5.37. The van der Waals surface area contributed by atoms with Gasteiger partial charge < -0.3 is 14.3 Å². The van der Waals surface area contributed by atoms with E-state index in [1.54, 1.807) is 18.7 Å². The number of nitrogens with zero attached hydrogens (tertiary/aromatic N) is 1. The van der Waals surface area contributed by atoms with Crippen molar-refractivity contribution in [2.75, 3.05) is 39.7 Å². The average Bonchev–Trinajstić information content (AvgIpc) is 2.22. The highest BCUT2D eigenvalue weighted by molar-refractivity contribution is 7.98. The lowest BCUT2D eigenvalue weighted by molar-refractivity contribution is -0.873. The van der Waals surface area contributed by atoms with Gasteiger partial charge in [-0.1, -0.05) is 0 Å². The van der Waals surface area contributed by atoms with Gasteiger partial charge in [0.05, 0.1) is 33.5 Å². The molecule has 0 fully saturated rings. The average molecular weight is 278 g/mol. The lowest BCUT2D eigenvalue weighted by Gasteiger charge is -2.30. The number of carboxylic acids is 1. The van der Waals surface area contributed by atoms with Crippen LogP contribution >= 0.6 is 11.8 Å². The molecule has 0 bridgehead atoms. The molecule has 0 amide bonds. The van der Waals surface area contributed by atoms with Gasteiger partial charge in [0.25, 0.3) is 0 Å². The number of esters is 1. The van der Waals surface area contributed by atoms with Crippen LogP contribution in [0.4, 0.5) is 0 Å². The van der Waals surface area contributed by atoms with Crippen molar-refractivity contribution in [1.82, 2.24) is 0 Å². The Labute approximate surface area is 113 Å². The van der Waals surface area contributed by atoms with Gasteiger partial charge in [-0.15, -0.1) is 0 Å². The summed E-state index contributed by atoms with van der Waals surface area (Å²) in [4.78, 5) is 22.6. The quantitative estimate of drug-likeness (QED) is 0.532. The first kappa shape index (κ1) is 17.2. The standard InChI is InChI=1S/C12H23NO4S/c1-9(12(15)16)10(8-13(2,3)4)17-11(14)6-7-18-5/h9-10H,6-8H2,1-5H3/p+1/t9-,10+/m1/s1. The third-order valence-electron chi connectivity index (χ3n) is 2.47. The minimum atomic E-state index is -0.939. The Bertz CT molecular complexity index is 288. The number of quaternary nitrogens is 1. The van der Waals surface area contributed by atoms with Gasteiger partial charge in [0, 0.05) is 5.75 Å². The number of likely N-dealkylation sites (N-methyl/N-ethyl adjacent to an activating group) is 1. The molecule has 0 aliphatic carbocycles. The number of rotatable bonds is 8. The predicted octanol–water partition coefficient (Wildman–Crippen LogP) is 1.08. The van der Waals surface area contributed by atoms with E-state index in [9.17, 15) is 9.59 Å². The van der Waals surface area contributed by atoms with Crippen LogP contribution in [-0.4, -0.2) is 67.3 Å². The Morgan fingerprint density at radius 3 is 2.28 bits per heavy atom. The Morgan fingerprint density at radius 1 is 1.33 bits per heavy atom. The van der Waals surface area contributed by atoms with Crippen molar-refractivity contribution in [2.45, 2.75) is 19.4 Å². The zero-order valence-electron chi connectivity index (χ0n) is 11.8. The molecule has 0 aromatic rings. The largest absolute Gasteiger partial charge is 0.481 e. The normalized spacial score (nSPS) is 14.9. The van der Waals surface area contributed by atoms with Crippen molar-refractivity contribution in [3.8, 4) is 0 Å². The first-order valence-electron chi connectivity index (χ1n) is 5.89. The van der Waals surface area contributed by atoms with E-state index in [0.717, 1.165) is 0 Å². The van der Waals surface area contributed by atoms with E-state index in [-0.39, 0.29) is 5.97 Å². The van der Waals surface area contributed by atoms with Crippen molar-refractivity contribution in [1.29, 1.82) is 0 Å². The molecule has 0 radical (unpaired) electrons. The Morgan fingerprint density at radius 2 is 1.89 bits per heavy atom. The summed E-state index contributed by atoms with van der Waals surface area (Å²) in [6.45, 7) is 2.06. The van der Waals surface area contributed by atoms with Crippen molar-refractivity contribution >= 4 is 23.7 Å². The van der Waals surface area contributed by atoms with Crippen LogP contribution in [-0.2, 0) is 14.3 Å². The molecule has 6 heteroatoms. The molecule has 2 atom stereocenters. The van der Waals surface area contributed by atoms with Gasteiger partial charge in [-0.25, -0.2) is 0 Å². The summed E-state index contributed by atoms with van der Waals surface area (Å²) in [5, 5.41) is 9.04. The summed E-state index contributed by atoms with van der Waals surface area (Å²) >= 11 is 1.56. The zero-order valence-corrected chi connectivity index (χ0v) is 12.6. The van der Waals surface area contributed by atoms with E-state index >= 15 is 0 Å². The molecular formula is C12H24NO4S+. The Kier molecular flexibility index (Phi) is 7.32. The number of ether oxygens (including phenoxy) is 1. The maximum Gasteiger partial charge on any atom is 0.310 e. The molecular weight excluding hydrogens is 254 g/mol. The highest BCUT2D eigenvalue weighted by Crippen LogP contribution is 2.13. The summed E-state index contributed by atoms with van der Waals surface area (Å²) in [5.74, 6) is -1.26. The Balaban J connectivity index is 4.57. The summed E-state index contributed by atoms with van der Waals surface area (Å²) in [6.07, 6.45) is 1.65. The second-order valence-corrected chi connectivity index (χ2v) is 6.36. The number of hydrogen-bond acceptors (Lipinski definition) is 4. The van der Waals surface area contributed by atoms with E-state index < -0.39 is 18.0 Å². The third kappa shape index (κ3) is 7.55. The molecule has 0 aromatic carbocycles. The minimum Gasteiger partial charge on any atom is -0.481 e. The predicted molar refractivity (Wildman–Crippen MR) is 72.6 cm³/mol. The molecule has 5 nitrogen and oxygen atoms in total. The molecule has 0 aromatic heterocycles. The van der Waals surface area contributed by atoms with Gasteiger partial charge in [-0.2, -0.15) is 11.8 Å². The maximum atomic E-state index is 11.6. The van der Waals surface area contributed by atoms with E-state index in [0.29, 0.717) is 23.2 Å². The van der Waals surface area contributed by atoms with Crippen molar-refractivity contribution in [3.63, 3.8) is 0 Å². The Hall–Kier alpha value is -0.750. The maximum absolute atomic E-state index is 11.6. The monoisotopic (exact) mass is 278 g/mol. The molecule has 0 rings (SSSR count). The topological polar surface area (TPSA) is 63.6 Å². The van der Waals surface area contributed by atoms with Crippen LogP contribution in [0.15, 0.2) is 0 Å². The smallest absolute Gasteiger partial charge is 0.310 e. The molecule has 0 aliphatic rings. The molecule has 0 heterocycles. The summed E-state index contributed by atoms with van der Waals surface area (Å²) in [6, 6.07) is 0. The molecule has 0 spiro atoms. The van der Waals surface area contributed by atoms with Crippen LogP contribution in [0.3, 0.4) is 0 Å². The molecule has 0 aliphatic heterocycles. The number of thioether (sulfide) groups is 1. The summed E-state index contributed by atoms with van der Waals surface area (Å²) < 4.78 is 5.86. The molecule has 106 valence electrons. The SMILES string of the molecule is CSCCC(=O)O[C@@H](C[N+](C)(C)C)[C@@H](C)C(=O)O. The fourth-order valence-electron chi connectivity index (χ4n) is 1.41. The number of carbonyl (C=O) groups excluding carboxylic acids is 1. The van der Waals surface area contributed by atoms with Crippen LogP contribution < -0.4 is 0 Å². The lowest BCUT2D eigenvalue weighted by Crippen LogP contribution is -2.47. The van der Waals surface area contributed by atoms with Crippen molar-refractivity contribution < 1.29 is 23.9 Å². The van der Waals surface area contributed by atoms with E-state index in [4.69, 9.17) is 9.84 Å². The zero-order chi connectivity index (χ0) is 14.3.